The number of hydrogen-bond acceptors (Lipinski definition) is 1. The molecule has 0 aliphatic carbocycles. The third kappa shape index (κ3) is 2.94. The van der Waals surface area contributed by atoms with Gasteiger partial charge in [0.1, 0.15) is 0 Å². The zero-order valence-electron chi connectivity index (χ0n) is 8.24. The quantitative estimate of drug-likeness (QED) is 0.569. The summed E-state index contributed by atoms with van der Waals surface area (Å²) in [6, 6.07) is 2.01. The molecule has 0 unspecified atom stereocenters. The Bertz CT molecular complexity index is 386. The topological polar surface area (TPSA) is 53.1 Å². The van der Waals surface area contributed by atoms with Crippen LogP contribution in [0.5, 0.6) is 0 Å². The summed E-state index contributed by atoms with van der Waals surface area (Å²) in [5.41, 5.74) is 3.27. The normalized spacial score (nSPS) is 11.6. The van der Waals surface area contributed by atoms with Gasteiger partial charge in [-0.1, -0.05) is 18.2 Å². The van der Waals surface area contributed by atoms with E-state index in [1.54, 1.807) is 6.08 Å². The van der Waals surface area contributed by atoms with E-state index in [0.29, 0.717) is 0 Å². The summed E-state index contributed by atoms with van der Waals surface area (Å²) in [5.74, 6) is -0.934. The molecule has 0 saturated heterocycles. The minimum atomic E-state index is -0.934. The number of hydrogen-bond donors (Lipinski definition) is 2. The lowest BCUT2D eigenvalue weighted by molar-refractivity contribution is -0.131. The van der Waals surface area contributed by atoms with Gasteiger partial charge in [0.05, 0.1) is 0 Å². The van der Waals surface area contributed by atoms with E-state index in [9.17, 15) is 4.79 Å². The van der Waals surface area contributed by atoms with Crippen LogP contribution in [0, 0.1) is 13.8 Å². The lowest BCUT2D eigenvalue weighted by atomic mass is 10.2. The number of aliphatic carboxylic acids is 1. The van der Waals surface area contributed by atoms with Crippen molar-refractivity contribution in [1.82, 2.24) is 4.98 Å². The lowest BCUT2D eigenvalue weighted by Crippen LogP contribution is -1.84. The Balaban J connectivity index is 2.69. The molecule has 3 heteroatoms. The summed E-state index contributed by atoms with van der Waals surface area (Å²) in [5, 5.41) is 8.34. The molecule has 74 valence electrons. The molecule has 0 fully saturated rings. The smallest absolute Gasteiger partial charge is 0.328 e. The van der Waals surface area contributed by atoms with Crippen molar-refractivity contribution >= 4 is 12.0 Å². The van der Waals surface area contributed by atoms with E-state index in [4.69, 9.17) is 5.11 Å². The molecular formula is C11H13NO2. The highest BCUT2D eigenvalue weighted by atomic mass is 16.4. The van der Waals surface area contributed by atoms with Gasteiger partial charge in [-0.15, -0.1) is 0 Å². The number of aromatic nitrogens is 1. The first-order valence-electron chi connectivity index (χ1n) is 4.33. The van der Waals surface area contributed by atoms with Gasteiger partial charge in [0.2, 0.25) is 0 Å². The van der Waals surface area contributed by atoms with Crippen LogP contribution in [-0.4, -0.2) is 16.1 Å². The maximum Gasteiger partial charge on any atom is 0.328 e. The Labute approximate surface area is 82.8 Å². The van der Waals surface area contributed by atoms with Crippen LogP contribution in [0.1, 0.15) is 17.0 Å². The molecule has 0 aromatic carbocycles. The molecule has 0 aliphatic rings. The van der Waals surface area contributed by atoms with Gasteiger partial charge in [-0.25, -0.2) is 4.79 Å². The minimum Gasteiger partial charge on any atom is -0.478 e. The van der Waals surface area contributed by atoms with E-state index in [-0.39, 0.29) is 0 Å². The van der Waals surface area contributed by atoms with Crippen LogP contribution >= 0.6 is 0 Å². The molecule has 0 spiro atoms. The van der Waals surface area contributed by atoms with Crippen LogP contribution in [0.15, 0.2) is 24.3 Å². The van der Waals surface area contributed by atoms with E-state index in [2.05, 4.69) is 4.98 Å². The van der Waals surface area contributed by atoms with Gasteiger partial charge in [0, 0.05) is 17.5 Å². The van der Waals surface area contributed by atoms with Crippen LogP contribution in [0.2, 0.25) is 0 Å². The number of carbonyl (C=O) groups is 1. The third-order valence-electron chi connectivity index (χ3n) is 1.82. The van der Waals surface area contributed by atoms with Crippen LogP contribution in [-0.2, 0) is 4.79 Å². The maximum absolute atomic E-state index is 10.2. The lowest BCUT2D eigenvalue weighted by Gasteiger charge is -1.86. The van der Waals surface area contributed by atoms with Gasteiger partial charge in [0.25, 0.3) is 0 Å². The number of rotatable bonds is 3. The largest absolute Gasteiger partial charge is 0.478 e. The third-order valence-corrected chi connectivity index (χ3v) is 1.82. The first kappa shape index (κ1) is 10.3. The highest BCUT2D eigenvalue weighted by molar-refractivity contribution is 5.80. The molecule has 0 saturated carbocycles. The second-order valence-electron chi connectivity index (χ2n) is 3.09. The predicted molar refractivity (Wildman–Crippen MR) is 56.1 cm³/mol. The zero-order chi connectivity index (χ0) is 10.6. The molecule has 3 nitrogen and oxygen atoms in total. The van der Waals surface area contributed by atoms with Crippen molar-refractivity contribution in [3.05, 3.63) is 41.2 Å². The summed E-state index contributed by atoms with van der Waals surface area (Å²) in [4.78, 5) is 13.3. The second-order valence-corrected chi connectivity index (χ2v) is 3.09. The number of nitrogens with one attached hydrogen (secondary N) is 1. The van der Waals surface area contributed by atoms with Gasteiger partial charge in [-0.3, -0.25) is 0 Å². The summed E-state index contributed by atoms with van der Waals surface area (Å²) in [6.07, 6.45) is 6.19. The van der Waals surface area contributed by atoms with Crippen molar-refractivity contribution in [3.63, 3.8) is 0 Å². The first-order chi connectivity index (χ1) is 6.59. The van der Waals surface area contributed by atoms with Crippen molar-refractivity contribution in [2.45, 2.75) is 13.8 Å². The van der Waals surface area contributed by atoms with Crippen LogP contribution in [0.3, 0.4) is 0 Å². The Kier molecular flexibility index (Phi) is 3.29. The molecule has 1 rings (SSSR count). The number of aromatic amines is 1. The Morgan fingerprint density at radius 1 is 1.43 bits per heavy atom. The van der Waals surface area contributed by atoms with Gasteiger partial charge in [-0.2, -0.15) is 0 Å². The summed E-state index contributed by atoms with van der Waals surface area (Å²) >= 11 is 0. The van der Waals surface area contributed by atoms with E-state index < -0.39 is 5.97 Å². The van der Waals surface area contributed by atoms with Crippen LogP contribution in [0.4, 0.5) is 0 Å². The fraction of sp³-hybridized carbons (Fsp3) is 0.182. The zero-order valence-corrected chi connectivity index (χ0v) is 8.24. The van der Waals surface area contributed by atoms with E-state index in [1.807, 2.05) is 26.0 Å². The van der Waals surface area contributed by atoms with Gasteiger partial charge in [0.15, 0.2) is 0 Å². The highest BCUT2D eigenvalue weighted by Gasteiger charge is 1.95. The number of carboxylic acids is 1. The van der Waals surface area contributed by atoms with Gasteiger partial charge < -0.3 is 10.1 Å². The monoisotopic (exact) mass is 191 g/mol. The average molecular weight is 191 g/mol. The summed E-state index contributed by atoms with van der Waals surface area (Å²) in [6.45, 7) is 3.96. The van der Waals surface area contributed by atoms with Crippen molar-refractivity contribution in [2.24, 2.45) is 0 Å². The molecule has 0 radical (unpaired) electrons. The van der Waals surface area contributed by atoms with Gasteiger partial charge in [-0.05, 0) is 25.5 Å². The fourth-order valence-corrected chi connectivity index (χ4v) is 1.22. The second kappa shape index (κ2) is 4.46. The fourth-order valence-electron chi connectivity index (χ4n) is 1.22. The molecule has 1 aromatic heterocycles. The molecule has 0 aliphatic heterocycles. The van der Waals surface area contributed by atoms with Crippen molar-refractivity contribution in [3.8, 4) is 0 Å². The Morgan fingerprint density at radius 2 is 2.14 bits per heavy atom. The summed E-state index contributed by atoms with van der Waals surface area (Å²) < 4.78 is 0. The number of allylic oxidation sites excluding steroid dienone is 2. The maximum atomic E-state index is 10.2. The molecule has 0 bridgehead atoms. The predicted octanol–water partition coefficient (Wildman–Crippen LogP) is 2.29. The first-order valence-corrected chi connectivity index (χ1v) is 4.33. The molecule has 1 aromatic rings. The van der Waals surface area contributed by atoms with Crippen molar-refractivity contribution in [2.75, 3.05) is 0 Å². The average Bonchev–Trinajstić information content (AvgIpc) is 2.39. The Morgan fingerprint density at radius 3 is 2.64 bits per heavy atom. The van der Waals surface area contributed by atoms with E-state index in [0.717, 1.165) is 23.0 Å². The minimum absolute atomic E-state index is 0.934. The standard InChI is InChI=1S/C11H13NO2/c1-8-7-10(9(2)12-8)5-3-4-6-11(13)14/h3-7,12H,1-2H3,(H,13,14)/b5-3+,6-4+. The highest BCUT2D eigenvalue weighted by Crippen LogP contribution is 2.10. The molecule has 0 atom stereocenters. The van der Waals surface area contributed by atoms with E-state index >= 15 is 0 Å². The molecule has 14 heavy (non-hydrogen) atoms. The van der Waals surface area contributed by atoms with Crippen molar-refractivity contribution < 1.29 is 9.90 Å². The number of carboxylic acid groups (broad SMARTS) is 1. The summed E-state index contributed by atoms with van der Waals surface area (Å²) in [7, 11) is 0. The molecular weight excluding hydrogens is 178 g/mol. The van der Waals surface area contributed by atoms with E-state index in [1.165, 1.54) is 6.08 Å². The van der Waals surface area contributed by atoms with Gasteiger partial charge >= 0.3 is 5.97 Å². The number of aryl methyl sites for hydroxylation is 2. The molecule has 2 N–H and O–H groups in total. The Hall–Kier alpha value is -1.77. The SMILES string of the molecule is Cc1cc(/C=C/C=C/C(=O)O)c(C)[nH]1. The van der Waals surface area contributed by atoms with Crippen LogP contribution < -0.4 is 0 Å². The number of H-pyrrole nitrogens is 1. The van der Waals surface area contributed by atoms with Crippen LogP contribution in [0.25, 0.3) is 6.08 Å². The molecule has 1 heterocycles. The molecule has 0 amide bonds. The van der Waals surface area contributed by atoms with Crippen molar-refractivity contribution in [1.29, 1.82) is 0 Å².